The standard InChI is InChI=1S/C16H24N2O/c1-12(2)19-15-9-5-8-14(16(15)17)18-11-10-13-6-3-4-7-13/h5-6,8-9,12,18H,3-4,7,10-11,17H2,1-2H3. The molecular weight excluding hydrogens is 236 g/mol. The molecule has 0 aliphatic heterocycles. The van der Waals surface area contributed by atoms with Crippen LogP contribution >= 0.6 is 0 Å². The van der Waals surface area contributed by atoms with Crippen molar-refractivity contribution in [1.29, 1.82) is 0 Å². The van der Waals surface area contributed by atoms with Gasteiger partial charge in [0.15, 0.2) is 0 Å². The molecule has 3 heteroatoms. The summed E-state index contributed by atoms with van der Waals surface area (Å²) in [5.74, 6) is 0.764. The average molecular weight is 260 g/mol. The molecule has 0 spiro atoms. The van der Waals surface area contributed by atoms with Gasteiger partial charge >= 0.3 is 0 Å². The molecule has 0 unspecified atom stereocenters. The summed E-state index contributed by atoms with van der Waals surface area (Å²) in [5, 5.41) is 3.41. The molecule has 104 valence electrons. The maximum absolute atomic E-state index is 6.12. The molecule has 1 aromatic carbocycles. The highest BCUT2D eigenvalue weighted by Crippen LogP contribution is 2.30. The molecular formula is C16H24N2O. The molecule has 1 aliphatic rings. The molecule has 1 aromatic rings. The first kappa shape index (κ1) is 13.8. The van der Waals surface area contributed by atoms with E-state index in [1.54, 1.807) is 5.57 Å². The first-order valence-electron chi connectivity index (χ1n) is 7.13. The molecule has 19 heavy (non-hydrogen) atoms. The molecule has 0 aromatic heterocycles. The molecule has 0 fully saturated rings. The zero-order valence-corrected chi connectivity index (χ0v) is 11.9. The van der Waals surface area contributed by atoms with Crippen molar-refractivity contribution in [2.75, 3.05) is 17.6 Å². The van der Waals surface area contributed by atoms with Gasteiger partial charge in [-0.3, -0.25) is 0 Å². The van der Waals surface area contributed by atoms with Gasteiger partial charge in [-0.2, -0.15) is 0 Å². The van der Waals surface area contributed by atoms with Gasteiger partial charge in [0, 0.05) is 6.54 Å². The molecule has 0 saturated carbocycles. The van der Waals surface area contributed by atoms with Crippen LogP contribution in [0.1, 0.15) is 39.5 Å². The minimum atomic E-state index is 0.140. The highest BCUT2D eigenvalue weighted by molar-refractivity contribution is 5.72. The minimum Gasteiger partial charge on any atom is -0.489 e. The second-order valence-corrected chi connectivity index (χ2v) is 5.32. The normalized spacial score (nSPS) is 14.6. The lowest BCUT2D eigenvalue weighted by atomic mass is 10.1. The van der Waals surface area contributed by atoms with E-state index < -0.39 is 0 Å². The Bertz CT molecular complexity index is 452. The second kappa shape index (κ2) is 6.50. The highest BCUT2D eigenvalue weighted by Gasteiger charge is 2.08. The summed E-state index contributed by atoms with van der Waals surface area (Å²) in [7, 11) is 0. The maximum Gasteiger partial charge on any atom is 0.144 e. The topological polar surface area (TPSA) is 47.3 Å². The average Bonchev–Trinajstić information content (AvgIpc) is 2.86. The van der Waals surface area contributed by atoms with E-state index in [0.29, 0.717) is 5.69 Å². The highest BCUT2D eigenvalue weighted by atomic mass is 16.5. The Labute approximate surface area is 115 Å². The largest absolute Gasteiger partial charge is 0.489 e. The van der Waals surface area contributed by atoms with E-state index in [0.717, 1.165) is 24.4 Å². The number of hydrogen-bond acceptors (Lipinski definition) is 3. The van der Waals surface area contributed by atoms with Crippen molar-refractivity contribution >= 4 is 11.4 Å². The molecule has 0 radical (unpaired) electrons. The Morgan fingerprint density at radius 3 is 2.89 bits per heavy atom. The number of hydrogen-bond donors (Lipinski definition) is 2. The molecule has 3 nitrogen and oxygen atoms in total. The van der Waals surface area contributed by atoms with Crippen LogP contribution in [0.3, 0.4) is 0 Å². The SMILES string of the molecule is CC(C)Oc1cccc(NCCC2=CCCC2)c1N. The van der Waals surface area contributed by atoms with Gasteiger partial charge < -0.3 is 15.8 Å². The van der Waals surface area contributed by atoms with Crippen molar-refractivity contribution in [2.24, 2.45) is 0 Å². The lowest BCUT2D eigenvalue weighted by molar-refractivity contribution is 0.244. The molecule has 0 amide bonds. The number of nitrogens with two attached hydrogens (primary N) is 1. The Balaban J connectivity index is 1.92. The van der Waals surface area contributed by atoms with Crippen LogP contribution in [0.2, 0.25) is 0 Å². The van der Waals surface area contributed by atoms with Gasteiger partial charge in [-0.1, -0.05) is 17.7 Å². The van der Waals surface area contributed by atoms with E-state index in [4.69, 9.17) is 10.5 Å². The second-order valence-electron chi connectivity index (χ2n) is 5.32. The predicted molar refractivity (Wildman–Crippen MR) is 81.7 cm³/mol. The third-order valence-electron chi connectivity index (χ3n) is 3.33. The van der Waals surface area contributed by atoms with E-state index in [2.05, 4.69) is 11.4 Å². The number of nitrogen functional groups attached to an aromatic ring is 1. The van der Waals surface area contributed by atoms with Crippen molar-refractivity contribution in [3.63, 3.8) is 0 Å². The Hall–Kier alpha value is -1.64. The summed E-state index contributed by atoms with van der Waals surface area (Å²) in [6.45, 7) is 4.94. The Morgan fingerprint density at radius 2 is 2.21 bits per heavy atom. The summed E-state index contributed by atoms with van der Waals surface area (Å²) in [6, 6.07) is 5.90. The Morgan fingerprint density at radius 1 is 1.37 bits per heavy atom. The number of ether oxygens (including phenoxy) is 1. The van der Waals surface area contributed by atoms with E-state index in [1.807, 2.05) is 32.0 Å². The summed E-state index contributed by atoms with van der Waals surface area (Å²) in [4.78, 5) is 0. The van der Waals surface area contributed by atoms with Crippen LogP contribution in [0.5, 0.6) is 5.75 Å². The van der Waals surface area contributed by atoms with Crippen molar-refractivity contribution in [3.05, 3.63) is 29.8 Å². The van der Waals surface area contributed by atoms with E-state index in [-0.39, 0.29) is 6.10 Å². The van der Waals surface area contributed by atoms with Crippen molar-refractivity contribution in [2.45, 2.75) is 45.6 Å². The number of para-hydroxylation sites is 1. The lowest BCUT2D eigenvalue weighted by Gasteiger charge is -2.15. The minimum absolute atomic E-state index is 0.140. The third-order valence-corrected chi connectivity index (χ3v) is 3.33. The van der Waals surface area contributed by atoms with Gasteiger partial charge in [0.2, 0.25) is 0 Å². The first-order chi connectivity index (χ1) is 9.16. The molecule has 3 N–H and O–H groups in total. The maximum atomic E-state index is 6.12. The predicted octanol–water partition coefficient (Wildman–Crippen LogP) is 3.97. The van der Waals surface area contributed by atoms with Crippen LogP contribution in [0.4, 0.5) is 11.4 Å². The summed E-state index contributed by atoms with van der Waals surface area (Å²) < 4.78 is 5.69. The fraction of sp³-hybridized carbons (Fsp3) is 0.500. The van der Waals surface area contributed by atoms with E-state index in [1.165, 1.54) is 19.3 Å². The smallest absolute Gasteiger partial charge is 0.144 e. The van der Waals surface area contributed by atoms with Crippen LogP contribution in [0.15, 0.2) is 29.8 Å². The molecule has 0 atom stereocenters. The van der Waals surface area contributed by atoms with E-state index >= 15 is 0 Å². The lowest BCUT2D eigenvalue weighted by Crippen LogP contribution is -2.10. The van der Waals surface area contributed by atoms with Crippen molar-refractivity contribution < 1.29 is 4.74 Å². The molecule has 0 heterocycles. The number of nitrogens with one attached hydrogen (secondary N) is 1. The zero-order chi connectivity index (χ0) is 13.7. The van der Waals surface area contributed by atoms with Crippen LogP contribution in [-0.4, -0.2) is 12.6 Å². The zero-order valence-electron chi connectivity index (χ0n) is 11.9. The third kappa shape index (κ3) is 3.91. The van der Waals surface area contributed by atoms with Gasteiger partial charge in [-0.25, -0.2) is 0 Å². The fourth-order valence-electron chi connectivity index (χ4n) is 2.38. The monoisotopic (exact) mass is 260 g/mol. The van der Waals surface area contributed by atoms with Gasteiger partial charge in [0.1, 0.15) is 5.75 Å². The quantitative estimate of drug-likeness (QED) is 0.601. The number of allylic oxidation sites excluding steroid dienone is 1. The number of anilines is 2. The van der Waals surface area contributed by atoms with Crippen LogP contribution < -0.4 is 15.8 Å². The summed E-state index contributed by atoms with van der Waals surface area (Å²) in [6.07, 6.45) is 7.43. The molecule has 0 bridgehead atoms. The van der Waals surface area contributed by atoms with E-state index in [9.17, 15) is 0 Å². The summed E-state index contributed by atoms with van der Waals surface area (Å²) >= 11 is 0. The van der Waals surface area contributed by atoms with Crippen LogP contribution in [-0.2, 0) is 0 Å². The molecule has 1 aliphatic carbocycles. The molecule has 0 saturated heterocycles. The number of benzene rings is 1. The fourth-order valence-corrected chi connectivity index (χ4v) is 2.38. The Kier molecular flexibility index (Phi) is 4.72. The van der Waals surface area contributed by atoms with Crippen molar-refractivity contribution in [3.8, 4) is 5.75 Å². The molecule has 2 rings (SSSR count). The van der Waals surface area contributed by atoms with Gasteiger partial charge in [-0.05, 0) is 51.7 Å². The van der Waals surface area contributed by atoms with Gasteiger partial charge in [0.25, 0.3) is 0 Å². The van der Waals surface area contributed by atoms with Crippen molar-refractivity contribution in [1.82, 2.24) is 0 Å². The first-order valence-corrected chi connectivity index (χ1v) is 7.13. The van der Waals surface area contributed by atoms with Gasteiger partial charge in [0.05, 0.1) is 17.5 Å². The van der Waals surface area contributed by atoms with Gasteiger partial charge in [-0.15, -0.1) is 0 Å². The van der Waals surface area contributed by atoms with Crippen LogP contribution in [0.25, 0.3) is 0 Å². The van der Waals surface area contributed by atoms with Crippen LogP contribution in [0, 0.1) is 0 Å². The summed E-state index contributed by atoms with van der Waals surface area (Å²) in [5.41, 5.74) is 9.37. The number of rotatable bonds is 6.